The van der Waals surface area contributed by atoms with E-state index in [1.165, 1.54) is 0 Å². The smallest absolute Gasteiger partial charge is 0.193 e. The van der Waals surface area contributed by atoms with Crippen LogP contribution in [0.15, 0.2) is 48.5 Å². The lowest BCUT2D eigenvalue weighted by Gasteiger charge is -2.17. The maximum atomic E-state index is 12.6. The second-order valence-electron chi connectivity index (χ2n) is 8.64. The van der Waals surface area contributed by atoms with Crippen LogP contribution in [0.5, 0.6) is 0 Å². The first-order chi connectivity index (χ1) is 11.9. The van der Waals surface area contributed by atoms with Gasteiger partial charge in [-0.05, 0) is 0 Å². The third kappa shape index (κ3) is 4.34. The Morgan fingerprint density at radius 1 is 0.500 bits per heavy atom. The largest absolute Gasteiger partial charge is 0.294 e. The molecule has 2 aromatic rings. The Morgan fingerprint density at radius 2 is 0.731 bits per heavy atom. The van der Waals surface area contributed by atoms with Crippen molar-refractivity contribution in [1.82, 2.24) is 0 Å². The van der Waals surface area contributed by atoms with E-state index in [4.69, 9.17) is 0 Å². The number of carbonyl (C=O) groups is 3. The van der Waals surface area contributed by atoms with Gasteiger partial charge in [-0.1, -0.05) is 90.1 Å². The van der Waals surface area contributed by atoms with E-state index in [0.29, 0.717) is 22.3 Å². The van der Waals surface area contributed by atoms with Gasteiger partial charge in [0.2, 0.25) is 0 Å². The van der Waals surface area contributed by atoms with E-state index in [1.54, 1.807) is 48.5 Å². The summed E-state index contributed by atoms with van der Waals surface area (Å²) in [5.41, 5.74) is 1.32. The first-order valence-electron chi connectivity index (χ1n) is 8.76. The van der Waals surface area contributed by atoms with Gasteiger partial charge in [-0.3, -0.25) is 14.4 Å². The van der Waals surface area contributed by atoms with Crippen molar-refractivity contribution in [2.45, 2.75) is 41.5 Å². The fourth-order valence-corrected chi connectivity index (χ4v) is 2.58. The summed E-state index contributed by atoms with van der Waals surface area (Å²) in [6, 6.07) is 13.5. The predicted molar refractivity (Wildman–Crippen MR) is 104 cm³/mol. The molecule has 0 aliphatic rings. The predicted octanol–water partition coefficient (Wildman–Crippen LogP) is 5.38. The van der Waals surface area contributed by atoms with Gasteiger partial charge in [-0.25, -0.2) is 0 Å². The van der Waals surface area contributed by atoms with E-state index in [9.17, 15) is 14.4 Å². The topological polar surface area (TPSA) is 51.2 Å². The summed E-state index contributed by atoms with van der Waals surface area (Å²) in [6.45, 7) is 11.2. The van der Waals surface area contributed by atoms with Crippen LogP contribution in [0.3, 0.4) is 0 Å². The van der Waals surface area contributed by atoms with Crippen molar-refractivity contribution in [3.8, 4) is 0 Å². The van der Waals surface area contributed by atoms with Gasteiger partial charge in [0.25, 0.3) is 0 Å². The summed E-state index contributed by atoms with van der Waals surface area (Å²) in [4.78, 5) is 37.2. The number of hydrogen-bond donors (Lipinski definition) is 0. The first-order valence-corrected chi connectivity index (χ1v) is 8.76. The molecule has 2 aromatic carbocycles. The summed E-state index contributed by atoms with van der Waals surface area (Å²) in [5, 5.41) is 0. The lowest BCUT2D eigenvalue weighted by molar-refractivity contribution is 0.0852. The molecule has 3 nitrogen and oxygen atoms in total. The first kappa shape index (κ1) is 19.8. The SMILES string of the molecule is CC(C)(C)C(=O)c1ccc(C(=O)c2ccc(C(=O)C(C)(C)C)cc2)cc1. The number of rotatable bonds is 4. The number of benzene rings is 2. The summed E-state index contributed by atoms with van der Waals surface area (Å²) in [7, 11) is 0. The third-order valence-corrected chi connectivity index (χ3v) is 4.18. The van der Waals surface area contributed by atoms with Gasteiger partial charge < -0.3 is 0 Å². The monoisotopic (exact) mass is 350 g/mol. The molecule has 0 radical (unpaired) electrons. The molecule has 0 fully saturated rings. The lowest BCUT2D eigenvalue weighted by atomic mass is 9.85. The normalized spacial score (nSPS) is 11.9. The Labute approximate surface area is 155 Å². The number of Topliss-reactive ketones (excluding diaryl/α,β-unsaturated/α-hetero) is 2. The van der Waals surface area contributed by atoms with Gasteiger partial charge in [-0.15, -0.1) is 0 Å². The fraction of sp³-hybridized carbons (Fsp3) is 0.348. The molecule has 0 atom stereocenters. The minimum atomic E-state index is -0.457. The Bertz CT molecular complexity index is 756. The molecule has 0 bridgehead atoms. The summed E-state index contributed by atoms with van der Waals surface area (Å²) in [5.74, 6) is -0.0439. The van der Waals surface area contributed by atoms with Gasteiger partial charge in [0.1, 0.15) is 0 Å². The maximum Gasteiger partial charge on any atom is 0.193 e. The third-order valence-electron chi connectivity index (χ3n) is 4.18. The average Bonchev–Trinajstić information content (AvgIpc) is 2.58. The van der Waals surface area contributed by atoms with Crippen molar-refractivity contribution in [1.29, 1.82) is 0 Å². The zero-order chi connectivity index (χ0) is 19.7. The molecular formula is C23H26O3. The van der Waals surface area contributed by atoms with Gasteiger partial charge in [0, 0.05) is 33.1 Å². The highest BCUT2D eigenvalue weighted by molar-refractivity contribution is 6.10. The Kier molecular flexibility index (Phi) is 5.31. The van der Waals surface area contributed by atoms with Gasteiger partial charge in [-0.2, -0.15) is 0 Å². The molecule has 0 spiro atoms. The number of ketones is 3. The van der Waals surface area contributed by atoms with E-state index >= 15 is 0 Å². The second kappa shape index (κ2) is 6.99. The molecule has 0 heterocycles. The van der Waals surface area contributed by atoms with Crippen LogP contribution in [0, 0.1) is 10.8 Å². The summed E-state index contributed by atoms with van der Waals surface area (Å²) in [6.07, 6.45) is 0. The highest BCUT2D eigenvalue weighted by Gasteiger charge is 2.24. The molecule has 0 aliphatic carbocycles. The molecule has 0 unspecified atom stereocenters. The molecule has 26 heavy (non-hydrogen) atoms. The minimum Gasteiger partial charge on any atom is -0.294 e. The average molecular weight is 350 g/mol. The minimum absolute atomic E-state index is 0.0431. The maximum absolute atomic E-state index is 12.6. The van der Waals surface area contributed by atoms with Crippen LogP contribution >= 0.6 is 0 Å². The van der Waals surface area contributed by atoms with Crippen molar-refractivity contribution in [3.63, 3.8) is 0 Å². The fourth-order valence-electron chi connectivity index (χ4n) is 2.58. The van der Waals surface area contributed by atoms with Gasteiger partial charge in [0.05, 0.1) is 0 Å². The van der Waals surface area contributed by atoms with Crippen molar-refractivity contribution in [2.75, 3.05) is 0 Å². The van der Waals surface area contributed by atoms with E-state index < -0.39 is 10.8 Å². The van der Waals surface area contributed by atoms with Crippen LogP contribution in [-0.4, -0.2) is 17.3 Å². The van der Waals surface area contributed by atoms with Crippen LogP contribution in [0.25, 0.3) is 0 Å². The molecule has 0 aliphatic heterocycles. The van der Waals surface area contributed by atoms with Crippen LogP contribution in [-0.2, 0) is 0 Å². The van der Waals surface area contributed by atoms with Crippen molar-refractivity contribution >= 4 is 17.3 Å². The number of carbonyl (C=O) groups excluding carboxylic acids is 3. The van der Waals surface area contributed by atoms with E-state index in [0.717, 1.165) is 0 Å². The molecule has 0 saturated carbocycles. The Balaban J connectivity index is 2.22. The summed E-state index contributed by atoms with van der Waals surface area (Å²) < 4.78 is 0. The molecule has 3 heteroatoms. The molecule has 136 valence electrons. The Hall–Kier alpha value is -2.55. The van der Waals surface area contributed by atoms with Crippen LogP contribution < -0.4 is 0 Å². The molecule has 0 amide bonds. The van der Waals surface area contributed by atoms with E-state index in [1.807, 2.05) is 41.5 Å². The van der Waals surface area contributed by atoms with E-state index in [2.05, 4.69) is 0 Å². The van der Waals surface area contributed by atoms with Crippen molar-refractivity contribution < 1.29 is 14.4 Å². The highest BCUT2D eigenvalue weighted by Crippen LogP contribution is 2.23. The summed E-state index contributed by atoms with van der Waals surface area (Å²) >= 11 is 0. The van der Waals surface area contributed by atoms with Crippen molar-refractivity contribution in [2.24, 2.45) is 10.8 Å². The standard InChI is InChI=1S/C23H26O3/c1-22(2,3)20(25)17-11-7-15(8-12-17)19(24)16-9-13-18(14-10-16)21(26)23(4,5)6/h7-14H,1-6H3. The molecule has 0 aromatic heterocycles. The molecule has 2 rings (SSSR count). The zero-order valence-electron chi connectivity index (χ0n) is 16.3. The Morgan fingerprint density at radius 3 is 0.962 bits per heavy atom. The van der Waals surface area contributed by atoms with E-state index in [-0.39, 0.29) is 17.3 Å². The highest BCUT2D eigenvalue weighted by atomic mass is 16.1. The van der Waals surface area contributed by atoms with Crippen LogP contribution in [0.4, 0.5) is 0 Å². The lowest BCUT2D eigenvalue weighted by Crippen LogP contribution is -2.20. The quantitative estimate of drug-likeness (QED) is 0.696. The van der Waals surface area contributed by atoms with Gasteiger partial charge >= 0.3 is 0 Å². The number of hydrogen-bond acceptors (Lipinski definition) is 3. The zero-order valence-corrected chi connectivity index (χ0v) is 16.3. The van der Waals surface area contributed by atoms with Crippen LogP contribution in [0.1, 0.15) is 78.2 Å². The second-order valence-corrected chi connectivity index (χ2v) is 8.64. The molecule has 0 saturated heterocycles. The van der Waals surface area contributed by atoms with Gasteiger partial charge in [0.15, 0.2) is 17.3 Å². The van der Waals surface area contributed by atoms with Crippen LogP contribution in [0.2, 0.25) is 0 Å². The van der Waals surface area contributed by atoms with Crippen molar-refractivity contribution in [3.05, 3.63) is 70.8 Å². The molecule has 0 N–H and O–H groups in total. The molecular weight excluding hydrogens is 324 g/mol.